The Morgan fingerprint density at radius 3 is 2.75 bits per heavy atom. The first kappa shape index (κ1) is 12.0. The third-order valence-corrected chi connectivity index (χ3v) is 4.27. The van der Waals surface area contributed by atoms with E-state index in [1.54, 1.807) is 0 Å². The first-order valence-corrected chi connectivity index (χ1v) is 6.99. The van der Waals surface area contributed by atoms with Crippen molar-refractivity contribution in [3.63, 3.8) is 0 Å². The molecule has 1 aliphatic rings. The van der Waals surface area contributed by atoms with Crippen LogP contribution < -0.4 is 5.32 Å². The van der Waals surface area contributed by atoms with E-state index in [0.717, 1.165) is 5.92 Å². The van der Waals surface area contributed by atoms with Crippen LogP contribution in [0, 0.1) is 12.8 Å². The van der Waals surface area contributed by atoms with Gasteiger partial charge in [0.1, 0.15) is 0 Å². The van der Waals surface area contributed by atoms with E-state index in [1.807, 2.05) is 0 Å². The van der Waals surface area contributed by atoms with E-state index in [1.165, 1.54) is 41.4 Å². The number of halogens is 1. The van der Waals surface area contributed by atoms with Crippen LogP contribution in [0.4, 0.5) is 5.69 Å². The maximum atomic E-state index is 3.69. The average molecular weight is 282 g/mol. The van der Waals surface area contributed by atoms with Gasteiger partial charge in [0.15, 0.2) is 0 Å². The van der Waals surface area contributed by atoms with E-state index in [0.29, 0.717) is 6.04 Å². The first-order chi connectivity index (χ1) is 7.66. The Kier molecular flexibility index (Phi) is 3.91. The third-order valence-electron chi connectivity index (χ3n) is 3.57. The van der Waals surface area contributed by atoms with E-state index >= 15 is 0 Å². The minimum Gasteiger partial charge on any atom is -0.381 e. The molecule has 2 atom stereocenters. The number of benzene rings is 1. The summed E-state index contributed by atoms with van der Waals surface area (Å²) in [6.07, 6.45) is 5.43. The minimum absolute atomic E-state index is 0.645. The van der Waals surface area contributed by atoms with Crippen molar-refractivity contribution in [3.8, 4) is 0 Å². The molecule has 0 spiro atoms. The fraction of sp³-hybridized carbons (Fsp3) is 0.571. The summed E-state index contributed by atoms with van der Waals surface area (Å²) in [5.74, 6) is 0.793. The maximum absolute atomic E-state index is 3.69. The van der Waals surface area contributed by atoms with Crippen LogP contribution in [0.25, 0.3) is 0 Å². The van der Waals surface area contributed by atoms with Gasteiger partial charge in [-0.25, -0.2) is 0 Å². The molecule has 0 bridgehead atoms. The van der Waals surface area contributed by atoms with E-state index < -0.39 is 0 Å². The van der Waals surface area contributed by atoms with Crippen LogP contribution in [-0.4, -0.2) is 6.04 Å². The summed E-state index contributed by atoms with van der Waals surface area (Å²) in [5, 5.41) is 3.69. The lowest BCUT2D eigenvalue weighted by Crippen LogP contribution is -2.30. The zero-order valence-electron chi connectivity index (χ0n) is 10.1. The second kappa shape index (κ2) is 5.22. The number of aryl methyl sites for hydroxylation is 1. The average Bonchev–Trinajstić information content (AvgIpc) is 2.27. The van der Waals surface area contributed by atoms with Gasteiger partial charge in [-0.1, -0.05) is 25.8 Å². The molecule has 0 amide bonds. The lowest BCUT2D eigenvalue weighted by Gasteiger charge is -2.30. The molecule has 1 aromatic rings. The van der Waals surface area contributed by atoms with Crippen LogP contribution >= 0.6 is 15.9 Å². The smallest absolute Gasteiger partial charge is 0.0489 e. The molecule has 16 heavy (non-hydrogen) atoms. The molecule has 0 aliphatic heterocycles. The number of rotatable bonds is 2. The van der Waals surface area contributed by atoms with Crippen LogP contribution in [0.1, 0.15) is 38.2 Å². The highest BCUT2D eigenvalue weighted by molar-refractivity contribution is 9.10. The lowest BCUT2D eigenvalue weighted by molar-refractivity contribution is 0.349. The predicted octanol–water partition coefficient (Wildman–Crippen LogP) is 4.75. The summed E-state index contributed by atoms with van der Waals surface area (Å²) in [6, 6.07) is 7.14. The molecule has 1 aliphatic carbocycles. The molecule has 1 N–H and O–H groups in total. The van der Waals surface area contributed by atoms with Crippen molar-refractivity contribution >= 4 is 21.6 Å². The summed E-state index contributed by atoms with van der Waals surface area (Å²) in [7, 11) is 0. The van der Waals surface area contributed by atoms with Crippen molar-refractivity contribution in [2.75, 3.05) is 5.32 Å². The molecule has 1 nitrogen and oxygen atoms in total. The SMILES string of the molecule is Cc1ccc(Br)c(NC2CCCCC2C)c1. The summed E-state index contributed by atoms with van der Waals surface area (Å²) < 4.78 is 1.18. The van der Waals surface area contributed by atoms with Gasteiger partial charge in [0.05, 0.1) is 0 Å². The van der Waals surface area contributed by atoms with Gasteiger partial charge >= 0.3 is 0 Å². The molecule has 1 aromatic carbocycles. The van der Waals surface area contributed by atoms with Crippen molar-refractivity contribution < 1.29 is 0 Å². The highest BCUT2D eigenvalue weighted by Crippen LogP contribution is 2.30. The van der Waals surface area contributed by atoms with Gasteiger partial charge in [-0.2, -0.15) is 0 Å². The van der Waals surface area contributed by atoms with Crippen LogP contribution in [0.5, 0.6) is 0 Å². The fourth-order valence-electron chi connectivity index (χ4n) is 2.48. The topological polar surface area (TPSA) is 12.0 Å². The molecular weight excluding hydrogens is 262 g/mol. The highest BCUT2D eigenvalue weighted by Gasteiger charge is 2.21. The van der Waals surface area contributed by atoms with Gasteiger partial charge < -0.3 is 5.32 Å². The van der Waals surface area contributed by atoms with E-state index in [2.05, 4.69) is 53.3 Å². The Bertz CT molecular complexity index is 362. The Hall–Kier alpha value is -0.500. The van der Waals surface area contributed by atoms with Crippen molar-refractivity contribution in [1.29, 1.82) is 0 Å². The standard InChI is InChI=1S/C14H20BrN/c1-10-7-8-12(15)14(9-10)16-13-6-4-3-5-11(13)2/h7-9,11,13,16H,3-6H2,1-2H3. The predicted molar refractivity (Wildman–Crippen MR) is 73.9 cm³/mol. The molecule has 0 aromatic heterocycles. The Morgan fingerprint density at radius 2 is 2.00 bits per heavy atom. The number of hydrogen-bond donors (Lipinski definition) is 1. The summed E-state index contributed by atoms with van der Waals surface area (Å²) >= 11 is 3.61. The van der Waals surface area contributed by atoms with Crippen molar-refractivity contribution in [3.05, 3.63) is 28.2 Å². The van der Waals surface area contributed by atoms with Crippen molar-refractivity contribution in [2.45, 2.75) is 45.6 Å². The molecule has 2 unspecified atom stereocenters. The Balaban J connectivity index is 2.10. The summed E-state index contributed by atoms with van der Waals surface area (Å²) in [5.41, 5.74) is 2.56. The van der Waals surface area contributed by atoms with Crippen LogP contribution in [0.2, 0.25) is 0 Å². The zero-order chi connectivity index (χ0) is 11.5. The Morgan fingerprint density at radius 1 is 1.25 bits per heavy atom. The van der Waals surface area contributed by atoms with Gasteiger partial charge in [-0.15, -0.1) is 0 Å². The minimum atomic E-state index is 0.645. The number of nitrogens with one attached hydrogen (secondary N) is 1. The fourth-order valence-corrected chi connectivity index (χ4v) is 2.84. The lowest BCUT2D eigenvalue weighted by atomic mass is 9.86. The molecular formula is C14H20BrN. The van der Waals surface area contributed by atoms with Crippen LogP contribution in [0.3, 0.4) is 0 Å². The molecule has 2 rings (SSSR count). The normalized spacial score (nSPS) is 25.4. The highest BCUT2D eigenvalue weighted by atomic mass is 79.9. The second-order valence-electron chi connectivity index (χ2n) is 5.00. The largest absolute Gasteiger partial charge is 0.381 e. The third kappa shape index (κ3) is 2.79. The van der Waals surface area contributed by atoms with Crippen molar-refractivity contribution in [1.82, 2.24) is 0 Å². The summed E-state index contributed by atoms with van der Waals surface area (Å²) in [4.78, 5) is 0. The monoisotopic (exact) mass is 281 g/mol. The maximum Gasteiger partial charge on any atom is 0.0489 e. The van der Waals surface area contributed by atoms with E-state index in [4.69, 9.17) is 0 Å². The van der Waals surface area contributed by atoms with Gasteiger partial charge in [-0.3, -0.25) is 0 Å². The molecule has 0 saturated heterocycles. The number of hydrogen-bond acceptors (Lipinski definition) is 1. The molecule has 88 valence electrons. The van der Waals surface area contributed by atoms with E-state index in [9.17, 15) is 0 Å². The van der Waals surface area contributed by atoms with Crippen LogP contribution in [0.15, 0.2) is 22.7 Å². The zero-order valence-corrected chi connectivity index (χ0v) is 11.7. The molecule has 1 fully saturated rings. The van der Waals surface area contributed by atoms with Gasteiger partial charge in [0.2, 0.25) is 0 Å². The summed E-state index contributed by atoms with van der Waals surface area (Å²) in [6.45, 7) is 4.50. The van der Waals surface area contributed by atoms with Crippen molar-refractivity contribution in [2.24, 2.45) is 5.92 Å². The van der Waals surface area contributed by atoms with Gasteiger partial charge in [-0.05, 0) is 59.3 Å². The molecule has 0 heterocycles. The second-order valence-corrected chi connectivity index (χ2v) is 5.85. The van der Waals surface area contributed by atoms with Gasteiger partial charge in [0, 0.05) is 16.2 Å². The van der Waals surface area contributed by atoms with E-state index in [-0.39, 0.29) is 0 Å². The Labute approximate surface area is 107 Å². The quantitative estimate of drug-likeness (QED) is 0.825. The molecule has 1 saturated carbocycles. The van der Waals surface area contributed by atoms with Crippen LogP contribution in [-0.2, 0) is 0 Å². The number of anilines is 1. The first-order valence-electron chi connectivity index (χ1n) is 6.19. The molecule has 2 heteroatoms. The van der Waals surface area contributed by atoms with Gasteiger partial charge in [0.25, 0.3) is 0 Å². The molecule has 0 radical (unpaired) electrons.